The summed E-state index contributed by atoms with van der Waals surface area (Å²) < 4.78 is 26.5. The number of benzene rings is 1. The van der Waals surface area contributed by atoms with Crippen molar-refractivity contribution in [1.82, 2.24) is 9.80 Å². The Kier molecular flexibility index (Phi) is 6.27. The van der Waals surface area contributed by atoms with Crippen LogP contribution >= 0.6 is 0 Å². The van der Waals surface area contributed by atoms with Crippen LogP contribution in [0.2, 0.25) is 0 Å². The molecule has 0 unspecified atom stereocenters. The lowest BCUT2D eigenvalue weighted by Gasteiger charge is -2.34. The smallest absolute Gasteiger partial charge is 0.256 e. The molecule has 122 valence electrons. The third-order valence-corrected chi connectivity index (χ3v) is 3.95. The summed E-state index contributed by atoms with van der Waals surface area (Å²) in [4.78, 5) is 16.1. The van der Waals surface area contributed by atoms with E-state index in [4.69, 9.17) is 5.11 Å². The van der Waals surface area contributed by atoms with E-state index in [1.165, 1.54) is 6.07 Å². The first-order valence-corrected chi connectivity index (χ1v) is 7.69. The Labute approximate surface area is 129 Å². The molecule has 1 aromatic rings. The van der Waals surface area contributed by atoms with Gasteiger partial charge in [-0.2, -0.15) is 0 Å². The number of halogens is 2. The van der Waals surface area contributed by atoms with Crippen LogP contribution in [0.15, 0.2) is 18.2 Å². The van der Waals surface area contributed by atoms with Crippen LogP contribution in [0.1, 0.15) is 29.6 Å². The molecular formula is C16H22F2N2O2. The second-order valence-corrected chi connectivity index (χ2v) is 5.54. The molecule has 1 heterocycles. The van der Waals surface area contributed by atoms with E-state index in [1.54, 1.807) is 4.90 Å². The number of aliphatic hydroxyl groups excluding tert-OH is 1. The Morgan fingerprint density at radius 1 is 1.09 bits per heavy atom. The van der Waals surface area contributed by atoms with Crippen molar-refractivity contribution < 1.29 is 18.7 Å². The number of aliphatic hydroxyl groups is 1. The molecule has 0 atom stereocenters. The van der Waals surface area contributed by atoms with Crippen LogP contribution in [0, 0.1) is 11.6 Å². The van der Waals surface area contributed by atoms with E-state index in [0.717, 1.165) is 51.0 Å². The summed E-state index contributed by atoms with van der Waals surface area (Å²) in [5.74, 6) is -1.87. The maximum Gasteiger partial charge on any atom is 0.256 e. The van der Waals surface area contributed by atoms with Crippen LogP contribution in [0.25, 0.3) is 0 Å². The highest BCUT2D eigenvalue weighted by molar-refractivity contribution is 5.94. The van der Waals surface area contributed by atoms with E-state index in [1.807, 2.05) is 0 Å². The lowest BCUT2D eigenvalue weighted by Crippen LogP contribution is -2.49. The van der Waals surface area contributed by atoms with Gasteiger partial charge in [0.25, 0.3) is 5.91 Å². The van der Waals surface area contributed by atoms with Crippen molar-refractivity contribution in [3.63, 3.8) is 0 Å². The molecule has 1 N–H and O–H groups in total. The van der Waals surface area contributed by atoms with Gasteiger partial charge >= 0.3 is 0 Å². The van der Waals surface area contributed by atoms with Crippen LogP contribution in [0.4, 0.5) is 8.78 Å². The molecule has 0 aliphatic carbocycles. The van der Waals surface area contributed by atoms with Crippen LogP contribution in [-0.2, 0) is 0 Å². The number of amides is 1. The summed E-state index contributed by atoms with van der Waals surface area (Å²) in [5, 5.41) is 8.73. The standard InChI is InChI=1S/C16H22F2N2O2/c17-13-4-5-14(15(18)12-13)16(22)20-9-7-19(8-10-20)6-2-1-3-11-21/h4-5,12,21H,1-3,6-11H2. The van der Waals surface area contributed by atoms with Crippen molar-refractivity contribution in [2.75, 3.05) is 39.3 Å². The fourth-order valence-corrected chi connectivity index (χ4v) is 2.63. The molecule has 4 nitrogen and oxygen atoms in total. The molecule has 1 aliphatic heterocycles. The van der Waals surface area contributed by atoms with Gasteiger partial charge < -0.3 is 10.0 Å². The molecule has 0 spiro atoms. The minimum atomic E-state index is -0.809. The fourth-order valence-electron chi connectivity index (χ4n) is 2.63. The maximum atomic E-state index is 13.7. The highest BCUT2D eigenvalue weighted by atomic mass is 19.1. The van der Waals surface area contributed by atoms with Crippen molar-refractivity contribution in [3.05, 3.63) is 35.4 Å². The van der Waals surface area contributed by atoms with Crippen molar-refractivity contribution in [3.8, 4) is 0 Å². The molecule has 2 rings (SSSR count). The van der Waals surface area contributed by atoms with Gasteiger partial charge in [0.1, 0.15) is 11.6 Å². The number of carbonyl (C=O) groups is 1. The number of nitrogens with zero attached hydrogens (tertiary/aromatic N) is 2. The summed E-state index contributed by atoms with van der Waals surface area (Å²) in [6, 6.07) is 3.05. The van der Waals surface area contributed by atoms with Crippen LogP contribution in [-0.4, -0.2) is 60.1 Å². The molecule has 1 aromatic carbocycles. The van der Waals surface area contributed by atoms with Gasteiger partial charge in [-0.1, -0.05) is 0 Å². The Morgan fingerprint density at radius 3 is 2.45 bits per heavy atom. The van der Waals surface area contributed by atoms with Gasteiger partial charge in [0.2, 0.25) is 0 Å². The van der Waals surface area contributed by atoms with Crippen LogP contribution in [0.3, 0.4) is 0 Å². The molecule has 1 fully saturated rings. The van der Waals surface area contributed by atoms with Gasteiger partial charge in [0.15, 0.2) is 0 Å². The molecule has 1 amide bonds. The number of carbonyl (C=O) groups excluding carboxylic acids is 1. The molecular weight excluding hydrogens is 290 g/mol. The molecule has 1 saturated heterocycles. The topological polar surface area (TPSA) is 43.8 Å². The SMILES string of the molecule is O=C(c1ccc(F)cc1F)N1CCN(CCCCCO)CC1. The number of hydrogen-bond donors (Lipinski definition) is 1. The molecule has 0 radical (unpaired) electrons. The van der Waals surface area contributed by atoms with Crippen LogP contribution < -0.4 is 0 Å². The van der Waals surface area contributed by atoms with E-state index in [0.29, 0.717) is 13.1 Å². The Hall–Kier alpha value is -1.53. The summed E-state index contributed by atoms with van der Waals surface area (Å²) in [7, 11) is 0. The van der Waals surface area contributed by atoms with Gasteiger partial charge in [-0.25, -0.2) is 8.78 Å². The maximum absolute atomic E-state index is 13.7. The van der Waals surface area contributed by atoms with Crippen molar-refractivity contribution in [2.24, 2.45) is 0 Å². The quantitative estimate of drug-likeness (QED) is 0.816. The second-order valence-electron chi connectivity index (χ2n) is 5.54. The van der Waals surface area contributed by atoms with E-state index in [-0.39, 0.29) is 18.1 Å². The Morgan fingerprint density at radius 2 is 1.82 bits per heavy atom. The zero-order valence-corrected chi connectivity index (χ0v) is 12.6. The van der Waals surface area contributed by atoms with Gasteiger partial charge in [0.05, 0.1) is 5.56 Å². The number of piperazine rings is 1. The highest BCUT2D eigenvalue weighted by Crippen LogP contribution is 2.14. The largest absolute Gasteiger partial charge is 0.396 e. The summed E-state index contributed by atoms with van der Waals surface area (Å²) >= 11 is 0. The molecule has 0 aromatic heterocycles. The highest BCUT2D eigenvalue weighted by Gasteiger charge is 2.23. The second kappa shape index (κ2) is 8.19. The lowest BCUT2D eigenvalue weighted by atomic mass is 10.1. The van der Waals surface area contributed by atoms with Gasteiger partial charge in [0, 0.05) is 38.9 Å². The first kappa shape index (κ1) is 16.8. The summed E-state index contributed by atoms with van der Waals surface area (Å²) in [6.45, 7) is 3.80. The average molecular weight is 312 g/mol. The lowest BCUT2D eigenvalue weighted by molar-refractivity contribution is 0.0630. The third-order valence-electron chi connectivity index (χ3n) is 3.95. The molecule has 0 bridgehead atoms. The third kappa shape index (κ3) is 4.48. The summed E-state index contributed by atoms with van der Waals surface area (Å²) in [6.07, 6.45) is 2.85. The predicted octanol–water partition coefficient (Wildman–Crippen LogP) is 1.89. The van der Waals surface area contributed by atoms with Crippen molar-refractivity contribution in [2.45, 2.75) is 19.3 Å². The van der Waals surface area contributed by atoms with E-state index in [9.17, 15) is 13.6 Å². The van der Waals surface area contributed by atoms with Gasteiger partial charge in [-0.05, 0) is 37.9 Å². The number of hydrogen-bond acceptors (Lipinski definition) is 3. The first-order valence-electron chi connectivity index (χ1n) is 7.69. The van der Waals surface area contributed by atoms with Crippen LogP contribution in [0.5, 0.6) is 0 Å². The van der Waals surface area contributed by atoms with Gasteiger partial charge in [-0.3, -0.25) is 9.69 Å². The Balaban J connectivity index is 1.82. The average Bonchev–Trinajstić information content (AvgIpc) is 2.52. The minimum Gasteiger partial charge on any atom is -0.396 e. The molecule has 1 aliphatic rings. The zero-order valence-electron chi connectivity index (χ0n) is 12.6. The zero-order chi connectivity index (χ0) is 15.9. The Bertz CT molecular complexity index is 503. The monoisotopic (exact) mass is 312 g/mol. The van der Waals surface area contributed by atoms with Crippen molar-refractivity contribution in [1.29, 1.82) is 0 Å². The number of unbranched alkanes of at least 4 members (excludes halogenated alkanes) is 2. The predicted molar refractivity (Wildman–Crippen MR) is 79.6 cm³/mol. The fraction of sp³-hybridized carbons (Fsp3) is 0.562. The van der Waals surface area contributed by atoms with E-state index in [2.05, 4.69) is 4.90 Å². The van der Waals surface area contributed by atoms with Crippen molar-refractivity contribution >= 4 is 5.91 Å². The van der Waals surface area contributed by atoms with E-state index < -0.39 is 11.6 Å². The minimum absolute atomic E-state index is 0.0715. The summed E-state index contributed by atoms with van der Waals surface area (Å²) in [5.41, 5.74) is -0.0715. The molecule has 6 heteroatoms. The molecule has 22 heavy (non-hydrogen) atoms. The normalized spacial score (nSPS) is 16.0. The first-order chi connectivity index (χ1) is 10.6. The number of rotatable bonds is 6. The van der Waals surface area contributed by atoms with E-state index >= 15 is 0 Å². The van der Waals surface area contributed by atoms with Gasteiger partial charge in [-0.15, -0.1) is 0 Å². The molecule has 0 saturated carbocycles.